The zero-order valence-electron chi connectivity index (χ0n) is 12.3. The quantitative estimate of drug-likeness (QED) is 0.332. The van der Waals surface area contributed by atoms with Crippen molar-refractivity contribution in [3.05, 3.63) is 0 Å². The minimum atomic E-state index is 1.06. The van der Waals surface area contributed by atoms with Gasteiger partial charge in [0.25, 0.3) is 0 Å². The Morgan fingerprint density at radius 3 is 2.06 bits per heavy atom. The molecule has 2 heteroatoms. The highest BCUT2D eigenvalue weighted by molar-refractivity contribution is 9.09. The molecule has 1 saturated carbocycles. The van der Waals surface area contributed by atoms with Gasteiger partial charge in [-0.25, -0.2) is 0 Å². The Kier molecular flexibility index (Phi) is 10.3. The lowest BCUT2D eigenvalue weighted by molar-refractivity contribution is 0.257. The predicted molar refractivity (Wildman–Crippen MR) is 85.6 cm³/mol. The third-order valence-electron chi connectivity index (χ3n) is 3.86. The minimum Gasteiger partial charge on any atom is -0.303 e. The van der Waals surface area contributed by atoms with Crippen molar-refractivity contribution in [2.75, 3.05) is 25.0 Å². The summed E-state index contributed by atoms with van der Waals surface area (Å²) >= 11 is 3.49. The molecule has 0 aromatic heterocycles. The molecule has 1 rings (SSSR count). The molecule has 0 radical (unpaired) electrons. The molecule has 0 aromatic carbocycles. The molecule has 0 saturated heterocycles. The van der Waals surface area contributed by atoms with Crippen molar-refractivity contribution in [2.45, 2.75) is 71.1 Å². The Bertz CT molecular complexity index is 180. The van der Waals surface area contributed by atoms with Crippen LogP contribution in [-0.4, -0.2) is 29.9 Å². The molecule has 18 heavy (non-hydrogen) atoms. The summed E-state index contributed by atoms with van der Waals surface area (Å²) in [6.45, 7) is 6.37. The molecule has 0 amide bonds. The fourth-order valence-corrected chi connectivity index (χ4v) is 2.99. The van der Waals surface area contributed by atoms with Gasteiger partial charge in [0.15, 0.2) is 0 Å². The second-order valence-corrected chi connectivity index (χ2v) is 6.70. The van der Waals surface area contributed by atoms with Crippen molar-refractivity contribution in [3.8, 4) is 0 Å². The Balaban J connectivity index is 1.87. The monoisotopic (exact) mass is 317 g/mol. The first kappa shape index (κ1) is 16.5. The van der Waals surface area contributed by atoms with Gasteiger partial charge in [-0.2, -0.15) is 0 Å². The van der Waals surface area contributed by atoms with Crippen LogP contribution in [0.5, 0.6) is 0 Å². The summed E-state index contributed by atoms with van der Waals surface area (Å²) in [6.07, 6.45) is 14.3. The lowest BCUT2D eigenvalue weighted by Crippen LogP contribution is -2.28. The van der Waals surface area contributed by atoms with Crippen LogP contribution in [0.4, 0.5) is 0 Å². The molecule has 0 heterocycles. The summed E-state index contributed by atoms with van der Waals surface area (Å²) in [7, 11) is 0. The van der Waals surface area contributed by atoms with Crippen LogP contribution >= 0.6 is 15.9 Å². The first-order chi connectivity index (χ1) is 8.86. The van der Waals surface area contributed by atoms with Crippen molar-refractivity contribution in [1.82, 2.24) is 4.90 Å². The van der Waals surface area contributed by atoms with E-state index in [1.54, 1.807) is 0 Å². The average molecular weight is 318 g/mol. The molecular formula is C16H32BrN. The summed E-state index contributed by atoms with van der Waals surface area (Å²) in [5.41, 5.74) is 0. The van der Waals surface area contributed by atoms with Crippen molar-refractivity contribution in [2.24, 2.45) is 5.92 Å². The number of alkyl halides is 1. The van der Waals surface area contributed by atoms with Crippen LogP contribution in [0.1, 0.15) is 71.1 Å². The summed E-state index contributed by atoms with van der Waals surface area (Å²) in [6, 6.07) is 0. The lowest BCUT2D eigenvalue weighted by Gasteiger charge is -2.21. The molecule has 0 atom stereocenters. The van der Waals surface area contributed by atoms with E-state index < -0.39 is 0 Å². The highest BCUT2D eigenvalue weighted by atomic mass is 79.9. The van der Waals surface area contributed by atoms with Gasteiger partial charge in [-0.1, -0.05) is 55.0 Å². The highest BCUT2D eigenvalue weighted by Crippen LogP contribution is 2.29. The first-order valence-corrected chi connectivity index (χ1v) is 9.27. The smallest absolute Gasteiger partial charge is 0.00313 e. The largest absolute Gasteiger partial charge is 0.303 e. The van der Waals surface area contributed by atoms with E-state index in [1.807, 2.05) is 0 Å². The lowest BCUT2D eigenvalue weighted by atomic mass is 10.1. The molecular weight excluding hydrogens is 286 g/mol. The molecule has 0 bridgehead atoms. The van der Waals surface area contributed by atoms with E-state index >= 15 is 0 Å². The zero-order valence-corrected chi connectivity index (χ0v) is 13.9. The number of hydrogen-bond acceptors (Lipinski definition) is 1. The molecule has 1 fully saturated rings. The number of nitrogens with zero attached hydrogens (tertiary/aromatic N) is 1. The van der Waals surface area contributed by atoms with Crippen LogP contribution in [0.15, 0.2) is 0 Å². The maximum atomic E-state index is 3.49. The number of rotatable bonds is 13. The van der Waals surface area contributed by atoms with Crippen LogP contribution in [0.2, 0.25) is 0 Å². The molecule has 1 nitrogen and oxygen atoms in total. The van der Waals surface area contributed by atoms with E-state index in [4.69, 9.17) is 0 Å². The molecule has 108 valence electrons. The van der Waals surface area contributed by atoms with E-state index in [9.17, 15) is 0 Å². The van der Waals surface area contributed by atoms with Crippen LogP contribution in [0.25, 0.3) is 0 Å². The van der Waals surface area contributed by atoms with Gasteiger partial charge in [0, 0.05) is 11.9 Å². The Labute approximate surface area is 123 Å². The standard InChI is InChI=1S/C16H32BrN/c1-2-13-18(15-16-10-11-16)14-9-7-5-3-4-6-8-12-17/h16H,2-15H2,1H3. The van der Waals surface area contributed by atoms with E-state index in [2.05, 4.69) is 27.8 Å². The van der Waals surface area contributed by atoms with Gasteiger partial charge in [0.2, 0.25) is 0 Å². The van der Waals surface area contributed by atoms with Crippen LogP contribution in [0, 0.1) is 5.92 Å². The van der Waals surface area contributed by atoms with E-state index in [0.717, 1.165) is 5.92 Å². The molecule has 0 aromatic rings. The minimum absolute atomic E-state index is 1.06. The van der Waals surface area contributed by atoms with Gasteiger partial charge in [-0.15, -0.1) is 0 Å². The topological polar surface area (TPSA) is 3.24 Å². The van der Waals surface area contributed by atoms with Crippen LogP contribution in [-0.2, 0) is 0 Å². The second kappa shape index (κ2) is 11.3. The fraction of sp³-hybridized carbons (Fsp3) is 1.00. The molecule has 0 aliphatic heterocycles. The Morgan fingerprint density at radius 1 is 0.889 bits per heavy atom. The first-order valence-electron chi connectivity index (χ1n) is 8.15. The van der Waals surface area contributed by atoms with Crippen molar-refractivity contribution >= 4 is 15.9 Å². The van der Waals surface area contributed by atoms with E-state index in [1.165, 1.54) is 89.2 Å². The summed E-state index contributed by atoms with van der Waals surface area (Å²) in [5.74, 6) is 1.06. The summed E-state index contributed by atoms with van der Waals surface area (Å²) < 4.78 is 0. The average Bonchev–Trinajstić information content (AvgIpc) is 3.16. The van der Waals surface area contributed by atoms with Crippen molar-refractivity contribution < 1.29 is 0 Å². The van der Waals surface area contributed by atoms with Crippen molar-refractivity contribution in [1.29, 1.82) is 0 Å². The molecule has 0 N–H and O–H groups in total. The SMILES string of the molecule is CCCN(CCCCCCCCCBr)CC1CC1. The molecule has 1 aliphatic rings. The number of hydrogen-bond donors (Lipinski definition) is 0. The molecule has 1 aliphatic carbocycles. The Morgan fingerprint density at radius 2 is 1.50 bits per heavy atom. The zero-order chi connectivity index (χ0) is 13.1. The van der Waals surface area contributed by atoms with Gasteiger partial charge in [0.05, 0.1) is 0 Å². The number of unbranched alkanes of at least 4 members (excludes halogenated alkanes) is 6. The fourth-order valence-electron chi connectivity index (χ4n) is 2.59. The van der Waals surface area contributed by atoms with Crippen LogP contribution in [0.3, 0.4) is 0 Å². The van der Waals surface area contributed by atoms with Gasteiger partial charge in [0.1, 0.15) is 0 Å². The number of halogens is 1. The third kappa shape index (κ3) is 9.38. The van der Waals surface area contributed by atoms with E-state index in [0.29, 0.717) is 0 Å². The molecule has 0 spiro atoms. The van der Waals surface area contributed by atoms with Gasteiger partial charge >= 0.3 is 0 Å². The third-order valence-corrected chi connectivity index (χ3v) is 4.42. The highest BCUT2D eigenvalue weighted by Gasteiger charge is 2.23. The van der Waals surface area contributed by atoms with Gasteiger partial charge < -0.3 is 4.90 Å². The van der Waals surface area contributed by atoms with Gasteiger partial charge in [-0.3, -0.25) is 0 Å². The Hall–Kier alpha value is 0.440. The van der Waals surface area contributed by atoms with Crippen LogP contribution < -0.4 is 0 Å². The predicted octanol–water partition coefficient (Wildman–Crippen LogP) is 5.23. The van der Waals surface area contributed by atoms with Gasteiger partial charge in [-0.05, 0) is 51.1 Å². The normalized spacial score (nSPS) is 15.5. The summed E-state index contributed by atoms with van der Waals surface area (Å²) in [4.78, 5) is 2.71. The van der Waals surface area contributed by atoms with E-state index in [-0.39, 0.29) is 0 Å². The maximum absolute atomic E-state index is 3.49. The maximum Gasteiger partial charge on any atom is 0.00313 e. The second-order valence-electron chi connectivity index (χ2n) is 5.91. The summed E-state index contributed by atoms with van der Waals surface area (Å²) in [5, 5.41) is 1.18. The van der Waals surface area contributed by atoms with Crippen molar-refractivity contribution in [3.63, 3.8) is 0 Å². The molecule has 0 unspecified atom stereocenters.